The molecule has 0 atom stereocenters. The first-order chi connectivity index (χ1) is 12.5. The maximum absolute atomic E-state index is 12.9. The molecular formula is C18H20ClN3O4. The quantitative estimate of drug-likeness (QED) is 0.834. The Labute approximate surface area is 156 Å². The van der Waals surface area contributed by atoms with Gasteiger partial charge in [-0.25, -0.2) is 0 Å². The van der Waals surface area contributed by atoms with Crippen molar-refractivity contribution in [3.63, 3.8) is 0 Å². The molecule has 7 nitrogen and oxygen atoms in total. The van der Waals surface area contributed by atoms with Gasteiger partial charge in [0.15, 0.2) is 0 Å². The smallest absolute Gasteiger partial charge is 0.323 e. The van der Waals surface area contributed by atoms with Gasteiger partial charge in [0.25, 0.3) is 5.91 Å². The minimum absolute atomic E-state index is 0.140. The normalized spacial score (nSPS) is 15.0. The Morgan fingerprint density at radius 3 is 2.73 bits per heavy atom. The molecule has 2 aromatic rings. The van der Waals surface area contributed by atoms with Crippen molar-refractivity contribution in [3.05, 3.63) is 52.8 Å². The fourth-order valence-corrected chi connectivity index (χ4v) is 3.23. The fourth-order valence-electron chi connectivity index (χ4n) is 3.04. The predicted molar refractivity (Wildman–Crippen MR) is 95.3 cm³/mol. The van der Waals surface area contributed by atoms with E-state index in [1.807, 2.05) is 18.2 Å². The Kier molecular flexibility index (Phi) is 5.90. The summed E-state index contributed by atoms with van der Waals surface area (Å²) in [6, 6.07) is 7.29. The van der Waals surface area contributed by atoms with Crippen LogP contribution in [-0.4, -0.2) is 57.5 Å². The Morgan fingerprint density at radius 2 is 2.04 bits per heavy atom. The summed E-state index contributed by atoms with van der Waals surface area (Å²) in [4.78, 5) is 25.5. The summed E-state index contributed by atoms with van der Waals surface area (Å²) in [6.45, 7) is 1.15. The summed E-state index contributed by atoms with van der Waals surface area (Å²) in [5.41, 5.74) is 1.26. The summed E-state index contributed by atoms with van der Waals surface area (Å²) in [7, 11) is 0. The molecule has 1 aromatic carbocycles. The number of carbonyl (C=O) groups excluding carboxylic acids is 1. The van der Waals surface area contributed by atoms with Crippen LogP contribution in [0.25, 0.3) is 0 Å². The third-order valence-electron chi connectivity index (χ3n) is 4.37. The van der Waals surface area contributed by atoms with Gasteiger partial charge in [0.2, 0.25) is 0 Å². The number of carbonyl (C=O) groups is 2. The number of nitrogens with zero attached hydrogens (tertiary/aromatic N) is 3. The third-order valence-corrected chi connectivity index (χ3v) is 4.74. The van der Waals surface area contributed by atoms with E-state index in [9.17, 15) is 14.7 Å². The molecule has 0 bridgehead atoms. The molecule has 3 rings (SSSR count). The number of aliphatic carboxylic acids is 1. The molecule has 8 heteroatoms. The molecule has 1 fully saturated rings. The fraction of sp³-hybridized carbons (Fsp3) is 0.389. The summed E-state index contributed by atoms with van der Waals surface area (Å²) in [6.07, 6.45) is 4.35. The van der Waals surface area contributed by atoms with Crippen LogP contribution in [-0.2, 0) is 16.1 Å². The van der Waals surface area contributed by atoms with Gasteiger partial charge in [-0.05, 0) is 24.5 Å². The summed E-state index contributed by atoms with van der Waals surface area (Å²) in [5, 5.41) is 14.0. The van der Waals surface area contributed by atoms with Gasteiger partial charge in [0.1, 0.15) is 6.54 Å². The summed E-state index contributed by atoms with van der Waals surface area (Å²) < 4.78 is 6.93. The highest BCUT2D eigenvalue weighted by Crippen LogP contribution is 2.19. The Morgan fingerprint density at radius 1 is 1.31 bits per heavy atom. The van der Waals surface area contributed by atoms with Crippen LogP contribution in [0.4, 0.5) is 0 Å². The standard InChI is InChI=1S/C18H20ClN3O4/c19-16-4-2-1-3-13(16)10-21-11-14(9-20-21)18(25)22(12-17(23)24)15-5-7-26-8-6-15/h1-4,9,11,15H,5-8,10,12H2,(H,23,24). The van der Waals surface area contributed by atoms with Crippen molar-refractivity contribution in [3.8, 4) is 0 Å². The maximum Gasteiger partial charge on any atom is 0.323 e. The topological polar surface area (TPSA) is 84.7 Å². The van der Waals surface area contributed by atoms with Crippen LogP contribution < -0.4 is 0 Å². The van der Waals surface area contributed by atoms with E-state index >= 15 is 0 Å². The molecule has 0 unspecified atom stereocenters. The third kappa shape index (κ3) is 4.42. The molecule has 0 aliphatic carbocycles. The van der Waals surface area contributed by atoms with Crippen LogP contribution in [0.5, 0.6) is 0 Å². The molecular weight excluding hydrogens is 358 g/mol. The van der Waals surface area contributed by atoms with Crippen LogP contribution >= 0.6 is 11.6 Å². The van der Waals surface area contributed by atoms with E-state index in [-0.39, 0.29) is 18.5 Å². The van der Waals surface area contributed by atoms with Gasteiger partial charge in [-0.15, -0.1) is 0 Å². The average Bonchev–Trinajstić information content (AvgIpc) is 3.10. The molecule has 1 aromatic heterocycles. The summed E-state index contributed by atoms with van der Waals surface area (Å²) in [5.74, 6) is -1.36. The van der Waals surface area contributed by atoms with Crippen LogP contribution in [0.3, 0.4) is 0 Å². The van der Waals surface area contributed by atoms with Crippen molar-refractivity contribution in [2.75, 3.05) is 19.8 Å². The van der Waals surface area contributed by atoms with Crippen molar-refractivity contribution < 1.29 is 19.4 Å². The summed E-state index contributed by atoms with van der Waals surface area (Å²) >= 11 is 6.16. The first-order valence-corrected chi connectivity index (χ1v) is 8.79. The minimum Gasteiger partial charge on any atom is -0.480 e. The highest BCUT2D eigenvalue weighted by molar-refractivity contribution is 6.31. The van der Waals surface area contributed by atoms with Crippen molar-refractivity contribution in [1.29, 1.82) is 0 Å². The van der Waals surface area contributed by atoms with E-state index in [0.717, 1.165) is 5.56 Å². The first kappa shape index (κ1) is 18.4. The van der Waals surface area contributed by atoms with E-state index in [4.69, 9.17) is 16.3 Å². The SMILES string of the molecule is O=C(O)CN(C(=O)c1cnn(Cc2ccccc2Cl)c1)C1CCOCC1. The lowest BCUT2D eigenvalue weighted by molar-refractivity contribution is -0.138. The Hall–Kier alpha value is -2.38. The molecule has 26 heavy (non-hydrogen) atoms. The lowest BCUT2D eigenvalue weighted by Crippen LogP contribution is -2.46. The largest absolute Gasteiger partial charge is 0.480 e. The number of halogens is 1. The number of amides is 1. The van der Waals surface area contributed by atoms with Gasteiger partial charge in [0, 0.05) is 30.5 Å². The number of carboxylic acids is 1. The number of benzene rings is 1. The zero-order chi connectivity index (χ0) is 18.5. The van der Waals surface area contributed by atoms with Crippen LogP contribution in [0.1, 0.15) is 28.8 Å². The second-order valence-electron chi connectivity index (χ2n) is 6.19. The zero-order valence-electron chi connectivity index (χ0n) is 14.2. The van der Waals surface area contributed by atoms with Crippen LogP contribution in [0.2, 0.25) is 5.02 Å². The van der Waals surface area contributed by atoms with Gasteiger partial charge in [0.05, 0.1) is 18.3 Å². The van der Waals surface area contributed by atoms with Crippen molar-refractivity contribution >= 4 is 23.5 Å². The highest BCUT2D eigenvalue weighted by atomic mass is 35.5. The average molecular weight is 378 g/mol. The van der Waals surface area contributed by atoms with E-state index in [0.29, 0.717) is 43.2 Å². The highest BCUT2D eigenvalue weighted by Gasteiger charge is 2.29. The molecule has 138 valence electrons. The Bertz CT molecular complexity index is 786. The predicted octanol–water partition coefficient (Wildman–Crippen LogP) is 2.29. The van der Waals surface area contributed by atoms with Gasteiger partial charge in [-0.1, -0.05) is 29.8 Å². The first-order valence-electron chi connectivity index (χ1n) is 8.41. The maximum atomic E-state index is 12.9. The molecule has 2 heterocycles. The number of carboxylic acid groups (broad SMARTS) is 1. The van der Waals surface area contributed by atoms with Gasteiger partial charge in [-0.2, -0.15) is 5.10 Å². The molecule has 1 aliphatic heterocycles. The monoisotopic (exact) mass is 377 g/mol. The van der Waals surface area contributed by atoms with Crippen molar-refractivity contribution in [1.82, 2.24) is 14.7 Å². The second kappa shape index (κ2) is 8.33. The molecule has 1 N–H and O–H groups in total. The van der Waals surface area contributed by atoms with E-state index < -0.39 is 5.97 Å². The zero-order valence-corrected chi connectivity index (χ0v) is 14.9. The van der Waals surface area contributed by atoms with E-state index in [1.54, 1.807) is 16.9 Å². The molecule has 1 saturated heterocycles. The van der Waals surface area contributed by atoms with E-state index in [1.165, 1.54) is 11.1 Å². The number of hydrogen-bond acceptors (Lipinski definition) is 4. The lowest BCUT2D eigenvalue weighted by atomic mass is 10.1. The van der Waals surface area contributed by atoms with Gasteiger partial charge in [-0.3, -0.25) is 14.3 Å². The number of ether oxygens (including phenoxy) is 1. The minimum atomic E-state index is -1.03. The molecule has 0 spiro atoms. The lowest BCUT2D eigenvalue weighted by Gasteiger charge is -2.32. The van der Waals surface area contributed by atoms with Crippen LogP contribution in [0, 0.1) is 0 Å². The van der Waals surface area contributed by atoms with Crippen molar-refractivity contribution in [2.45, 2.75) is 25.4 Å². The molecule has 1 amide bonds. The Balaban J connectivity index is 1.76. The number of aromatic nitrogens is 2. The number of rotatable bonds is 6. The van der Waals surface area contributed by atoms with Crippen LogP contribution in [0.15, 0.2) is 36.7 Å². The van der Waals surface area contributed by atoms with Gasteiger partial charge >= 0.3 is 5.97 Å². The van der Waals surface area contributed by atoms with Gasteiger partial charge < -0.3 is 14.7 Å². The second-order valence-corrected chi connectivity index (χ2v) is 6.60. The molecule has 0 saturated carbocycles. The molecule has 0 radical (unpaired) electrons. The van der Waals surface area contributed by atoms with E-state index in [2.05, 4.69) is 5.10 Å². The number of hydrogen-bond donors (Lipinski definition) is 1. The van der Waals surface area contributed by atoms with Crippen molar-refractivity contribution in [2.24, 2.45) is 0 Å². The molecule has 1 aliphatic rings.